The molecule has 0 aromatic rings. The van der Waals surface area contributed by atoms with Gasteiger partial charge in [0.1, 0.15) is 0 Å². The van der Waals surface area contributed by atoms with Crippen molar-refractivity contribution in [1.82, 2.24) is 0 Å². The van der Waals surface area contributed by atoms with Crippen LogP contribution in [-0.4, -0.2) is 62.9 Å². The standard InChI is InChI=1S/Al.B.Bi.H3Si.4H/h;;;1H3;;;;. The van der Waals surface area contributed by atoms with E-state index in [9.17, 15) is 0 Å². The van der Waals surface area contributed by atoms with Crippen LogP contribution in [0.4, 0.5) is 0 Å². The molecule has 6 radical (unpaired) electrons. The van der Waals surface area contributed by atoms with Crippen LogP contribution in [0.5, 0.6) is 0 Å². The number of rotatable bonds is 0. The van der Waals surface area contributed by atoms with Crippen molar-refractivity contribution < 1.29 is 0 Å². The van der Waals surface area contributed by atoms with E-state index in [0.717, 1.165) is 0 Å². The summed E-state index contributed by atoms with van der Waals surface area (Å²) in [6, 6.07) is 0. The SMILES string of the molecule is [AlH].[B].[BiH3].[SiH3]. The second-order valence-corrected chi connectivity index (χ2v) is 0. The molecule has 0 aliphatic rings. The Hall–Kier alpha value is 1.70. The molecule has 0 aliphatic carbocycles. The topological polar surface area (TPSA) is 0 Å². The van der Waals surface area contributed by atoms with Crippen molar-refractivity contribution in [3.8, 4) is 0 Å². The van der Waals surface area contributed by atoms with E-state index in [-0.39, 0.29) is 62.9 Å². The Morgan fingerprint density at radius 3 is 1.00 bits per heavy atom. The first-order valence-electron chi connectivity index (χ1n) is 0. The summed E-state index contributed by atoms with van der Waals surface area (Å²) < 4.78 is 0. The molecule has 0 bridgehead atoms. The summed E-state index contributed by atoms with van der Waals surface area (Å²) in [7, 11) is 0. The first-order valence-corrected chi connectivity index (χ1v) is 0. The van der Waals surface area contributed by atoms with Crippen molar-refractivity contribution in [1.29, 1.82) is 0 Å². The van der Waals surface area contributed by atoms with Gasteiger partial charge in [-0.2, -0.15) is 0 Å². The van der Waals surface area contributed by atoms with Crippen LogP contribution < -0.4 is 0 Å². The number of hydrogen-bond acceptors (Lipinski definition) is 0. The van der Waals surface area contributed by atoms with Crippen LogP contribution in [0.15, 0.2) is 0 Å². The van der Waals surface area contributed by atoms with Crippen LogP contribution in [0.2, 0.25) is 0 Å². The van der Waals surface area contributed by atoms with Crippen LogP contribution in [0.3, 0.4) is 0 Å². The third-order valence-electron chi connectivity index (χ3n) is 0. The van der Waals surface area contributed by atoms with Crippen molar-refractivity contribution in [3.05, 3.63) is 0 Å². The zero-order chi connectivity index (χ0) is 0. The van der Waals surface area contributed by atoms with E-state index in [1.807, 2.05) is 0 Å². The molecule has 0 saturated carbocycles. The first kappa shape index (κ1) is 43.6. The fourth-order valence-electron chi connectivity index (χ4n) is 0. The minimum atomic E-state index is 0. The first-order chi connectivity index (χ1) is 0. The predicted molar refractivity (Wildman–Crippen MR) is 32.8 cm³/mol. The van der Waals surface area contributed by atoms with Crippen molar-refractivity contribution in [2.24, 2.45) is 0 Å². The van der Waals surface area contributed by atoms with Gasteiger partial charge in [-0.25, -0.2) is 0 Å². The van der Waals surface area contributed by atoms with E-state index in [4.69, 9.17) is 0 Å². The van der Waals surface area contributed by atoms with Crippen molar-refractivity contribution in [3.63, 3.8) is 0 Å². The second-order valence-electron chi connectivity index (χ2n) is 0. The summed E-state index contributed by atoms with van der Waals surface area (Å²) in [5.41, 5.74) is 0. The van der Waals surface area contributed by atoms with Gasteiger partial charge in [-0.1, -0.05) is 0 Å². The molecule has 0 aromatic carbocycles. The van der Waals surface area contributed by atoms with Crippen LogP contribution in [0.1, 0.15) is 0 Å². The van der Waals surface area contributed by atoms with Gasteiger partial charge in [0.05, 0.1) is 17.4 Å². The van der Waals surface area contributed by atoms with Crippen molar-refractivity contribution in [2.45, 2.75) is 0 Å². The summed E-state index contributed by atoms with van der Waals surface area (Å²) in [4.78, 5) is 0. The minimum Gasteiger partial charge on any atom is -0.0125 e. The van der Waals surface area contributed by atoms with Gasteiger partial charge in [-0.05, 0) is 11.0 Å². The largest absolute Gasteiger partial charge is 0.0125 e. The molecule has 0 fully saturated rings. The summed E-state index contributed by atoms with van der Waals surface area (Å²) in [5.74, 6) is 0. The summed E-state index contributed by atoms with van der Waals surface area (Å²) >= 11 is 0. The van der Waals surface area contributed by atoms with E-state index in [0.29, 0.717) is 0 Å². The molecular weight excluding hydrogens is 275 g/mol. The third-order valence-corrected chi connectivity index (χ3v) is 0. The second kappa shape index (κ2) is 22.3. The predicted octanol–water partition coefficient (Wildman–Crippen LogP) is -3.40. The maximum absolute atomic E-state index is 0. The maximum Gasteiger partial charge on any atom is -0.0125 e. The molecule has 0 rings (SSSR count). The van der Waals surface area contributed by atoms with Crippen LogP contribution in [0.25, 0.3) is 0 Å². The van der Waals surface area contributed by atoms with Gasteiger partial charge in [0.25, 0.3) is 0 Å². The molecule has 0 amide bonds. The molecule has 0 aromatic heterocycles. The van der Waals surface area contributed by atoms with Gasteiger partial charge >= 0.3 is 26.2 Å². The molecule has 0 saturated heterocycles. The van der Waals surface area contributed by atoms with E-state index in [1.54, 1.807) is 0 Å². The summed E-state index contributed by atoms with van der Waals surface area (Å²) in [6.07, 6.45) is 0. The number of hydrogen-bond donors (Lipinski definition) is 0. The fourth-order valence-corrected chi connectivity index (χ4v) is 0. The van der Waals surface area contributed by atoms with E-state index in [2.05, 4.69) is 0 Å². The average Bonchev–Trinajstić information content (AvgIpc) is 0. The maximum atomic E-state index is 0. The Labute approximate surface area is 62.6 Å². The fraction of sp³-hybridized carbons (Fsp3) is 0. The molecule has 0 unspecified atom stereocenters. The summed E-state index contributed by atoms with van der Waals surface area (Å²) in [5, 5.41) is 0. The smallest absolute Gasteiger partial charge is 0.0125 e. The molecule has 0 nitrogen and oxygen atoms in total. The van der Waals surface area contributed by atoms with Crippen LogP contribution in [-0.2, 0) is 0 Å². The molecular formula is H7AlBBiSi. The van der Waals surface area contributed by atoms with E-state index in [1.165, 1.54) is 0 Å². The summed E-state index contributed by atoms with van der Waals surface area (Å²) in [6.45, 7) is 0. The average molecular weight is 282 g/mol. The quantitative estimate of drug-likeness (QED) is 0.406. The molecule has 0 N–H and O–H groups in total. The van der Waals surface area contributed by atoms with E-state index >= 15 is 0 Å². The molecule has 0 aliphatic heterocycles. The van der Waals surface area contributed by atoms with Gasteiger partial charge < -0.3 is 0 Å². The molecule has 22 valence electrons. The van der Waals surface area contributed by atoms with Crippen LogP contribution in [0, 0.1) is 0 Å². The Bertz CT molecular complexity index is 8.00. The Kier molecular flexibility index (Phi) is 243. The molecule has 0 heterocycles. The van der Waals surface area contributed by atoms with E-state index < -0.39 is 0 Å². The van der Waals surface area contributed by atoms with Gasteiger partial charge in [0, 0.05) is 8.41 Å². The van der Waals surface area contributed by atoms with Gasteiger partial charge in [0.15, 0.2) is 0 Å². The molecule has 0 spiro atoms. The van der Waals surface area contributed by atoms with Crippen LogP contribution >= 0.6 is 0 Å². The molecule has 4 heteroatoms. The zero-order valence-corrected chi connectivity index (χ0v) is 11.9. The van der Waals surface area contributed by atoms with Crippen molar-refractivity contribution in [2.75, 3.05) is 0 Å². The van der Waals surface area contributed by atoms with Gasteiger partial charge in [0.2, 0.25) is 0 Å². The van der Waals surface area contributed by atoms with Gasteiger partial charge in [-0.3, -0.25) is 0 Å². The Morgan fingerprint density at radius 1 is 1.00 bits per heavy atom. The molecule has 4 heavy (non-hydrogen) atoms. The molecule has 0 atom stereocenters. The Morgan fingerprint density at radius 2 is 1.00 bits per heavy atom. The van der Waals surface area contributed by atoms with Crippen molar-refractivity contribution >= 4 is 62.9 Å². The zero-order valence-electron chi connectivity index (χ0n) is 2.99. The normalized spacial score (nSPS) is 0. The minimum absolute atomic E-state index is 0. The van der Waals surface area contributed by atoms with Gasteiger partial charge in [-0.15, -0.1) is 0 Å². The Balaban J connectivity index is 0. The monoisotopic (exact) mass is 282 g/mol. The third kappa shape index (κ3) is 9.34.